The third kappa shape index (κ3) is 3.21. The number of amides is 2. The highest BCUT2D eigenvalue weighted by Crippen LogP contribution is 2.60. The van der Waals surface area contributed by atoms with Gasteiger partial charge in [-0.1, -0.05) is 6.42 Å². The van der Waals surface area contributed by atoms with Crippen molar-refractivity contribution in [3.63, 3.8) is 0 Å². The van der Waals surface area contributed by atoms with Gasteiger partial charge >= 0.3 is 0 Å². The van der Waals surface area contributed by atoms with Crippen LogP contribution in [0.2, 0.25) is 0 Å². The second kappa shape index (κ2) is 7.48. The average molecular weight is 460 g/mol. The van der Waals surface area contributed by atoms with E-state index < -0.39 is 0 Å². The molecule has 0 saturated heterocycles. The average Bonchev–Trinajstić information content (AvgIpc) is 3.48. The van der Waals surface area contributed by atoms with Crippen LogP contribution in [0.5, 0.6) is 0 Å². The Balaban J connectivity index is 1.25. The molecule has 0 spiro atoms. The summed E-state index contributed by atoms with van der Waals surface area (Å²) in [5.41, 5.74) is 1.17. The van der Waals surface area contributed by atoms with E-state index in [0.29, 0.717) is 35.0 Å². The predicted octanol–water partition coefficient (Wildman–Crippen LogP) is 4.67. The van der Waals surface area contributed by atoms with Crippen LogP contribution in [0.15, 0.2) is 38.9 Å². The number of aliphatic imine (C=N–C) groups is 2. The van der Waals surface area contributed by atoms with Gasteiger partial charge in [0.15, 0.2) is 5.76 Å². The summed E-state index contributed by atoms with van der Waals surface area (Å²) in [4.78, 5) is 35.6. The first-order chi connectivity index (χ1) is 16.6. The van der Waals surface area contributed by atoms with Crippen molar-refractivity contribution in [3.05, 3.63) is 24.5 Å². The van der Waals surface area contributed by atoms with Gasteiger partial charge in [-0.3, -0.25) is 9.59 Å². The third-order valence-electron chi connectivity index (χ3n) is 8.76. The number of anilines is 1. The van der Waals surface area contributed by atoms with Gasteiger partial charge in [0.05, 0.1) is 17.6 Å². The van der Waals surface area contributed by atoms with E-state index in [2.05, 4.69) is 15.4 Å². The van der Waals surface area contributed by atoms with Gasteiger partial charge in [0.25, 0.3) is 11.9 Å². The van der Waals surface area contributed by atoms with Crippen molar-refractivity contribution in [2.45, 2.75) is 64.2 Å². The Kier molecular flexibility index (Phi) is 4.48. The highest BCUT2D eigenvalue weighted by atomic mass is 16.3. The Morgan fingerprint density at radius 1 is 1.09 bits per heavy atom. The predicted molar refractivity (Wildman–Crippen MR) is 126 cm³/mol. The van der Waals surface area contributed by atoms with Crippen LogP contribution in [0.3, 0.4) is 0 Å². The number of hydrogen-bond donors (Lipinski definition) is 1. The molecule has 0 radical (unpaired) electrons. The zero-order valence-corrected chi connectivity index (χ0v) is 19.2. The summed E-state index contributed by atoms with van der Waals surface area (Å²) >= 11 is 0. The molecule has 6 aliphatic rings. The fourth-order valence-electron chi connectivity index (χ4n) is 7.62. The summed E-state index contributed by atoms with van der Waals surface area (Å²) in [5.74, 6) is 3.06. The van der Waals surface area contributed by atoms with E-state index in [1.165, 1.54) is 23.9 Å². The topological polar surface area (TPSA) is 102 Å². The molecule has 1 N–H and O–H groups in total. The van der Waals surface area contributed by atoms with Crippen LogP contribution >= 0.6 is 0 Å². The Morgan fingerprint density at radius 3 is 2.56 bits per heavy atom. The van der Waals surface area contributed by atoms with Crippen molar-refractivity contribution in [2.24, 2.45) is 39.1 Å². The quantitative estimate of drug-likeness (QED) is 0.720. The van der Waals surface area contributed by atoms with Crippen molar-refractivity contribution in [3.8, 4) is 11.5 Å². The normalized spacial score (nSPS) is 33.9. The van der Waals surface area contributed by atoms with Crippen molar-refractivity contribution < 1.29 is 14.0 Å². The molecular formula is C26H29N5O3. The molecular weight excluding hydrogens is 430 g/mol. The first-order valence-corrected chi connectivity index (χ1v) is 12.7. The molecule has 8 heteroatoms. The Labute approximate surface area is 197 Å². The van der Waals surface area contributed by atoms with Gasteiger partial charge in [-0.2, -0.15) is 14.8 Å². The highest BCUT2D eigenvalue weighted by molar-refractivity contribution is 6.16. The fourth-order valence-corrected chi connectivity index (χ4v) is 7.62. The van der Waals surface area contributed by atoms with Crippen LogP contribution in [0.25, 0.3) is 11.5 Å². The van der Waals surface area contributed by atoms with Gasteiger partial charge in [-0.15, -0.1) is 0 Å². The summed E-state index contributed by atoms with van der Waals surface area (Å²) in [6.07, 6.45) is 12.0. The molecule has 4 bridgehead atoms. The number of furan rings is 1. The van der Waals surface area contributed by atoms with Gasteiger partial charge in [-0.25, -0.2) is 4.99 Å². The molecule has 5 saturated carbocycles. The largest absolute Gasteiger partial charge is 0.463 e. The summed E-state index contributed by atoms with van der Waals surface area (Å²) in [6, 6.07) is 5.43. The molecule has 3 heterocycles. The number of hydrogen-bond acceptors (Lipinski definition) is 5. The van der Waals surface area contributed by atoms with E-state index >= 15 is 0 Å². The number of carbonyl (C=O) groups excluding carboxylic acids is 2. The number of carbonyl (C=O) groups is 2. The lowest BCUT2D eigenvalue weighted by atomic mass is 9.49. The fraction of sp³-hybridized carbons (Fsp3) is 0.577. The SMILES string of the molecule is O=C1N=C(n2nc(-c3ccco3)cc2NC(=O)C23CC4CC(CC(C4)C2)C3)N=C2CCCCC12. The van der Waals surface area contributed by atoms with Gasteiger partial charge in [0.2, 0.25) is 5.91 Å². The van der Waals surface area contributed by atoms with Gasteiger partial charge < -0.3 is 9.73 Å². The lowest BCUT2D eigenvalue weighted by Crippen LogP contribution is -2.52. The van der Waals surface area contributed by atoms with Gasteiger partial charge in [0.1, 0.15) is 11.5 Å². The van der Waals surface area contributed by atoms with E-state index in [1.807, 2.05) is 6.07 Å². The first kappa shape index (κ1) is 20.4. The van der Waals surface area contributed by atoms with Crippen molar-refractivity contribution in [1.82, 2.24) is 9.78 Å². The van der Waals surface area contributed by atoms with Crippen LogP contribution < -0.4 is 5.32 Å². The van der Waals surface area contributed by atoms with E-state index in [1.54, 1.807) is 18.4 Å². The molecule has 8 rings (SSSR count). The van der Waals surface area contributed by atoms with E-state index in [-0.39, 0.29) is 29.1 Å². The molecule has 2 amide bonds. The van der Waals surface area contributed by atoms with Crippen LogP contribution in [-0.2, 0) is 9.59 Å². The molecule has 1 aliphatic heterocycles. The molecule has 1 unspecified atom stereocenters. The second-order valence-corrected chi connectivity index (χ2v) is 11.1. The van der Waals surface area contributed by atoms with E-state index in [9.17, 15) is 9.59 Å². The molecule has 176 valence electrons. The molecule has 5 fully saturated rings. The minimum atomic E-state index is -0.292. The summed E-state index contributed by atoms with van der Waals surface area (Å²) in [6.45, 7) is 0. The lowest BCUT2D eigenvalue weighted by Gasteiger charge is -2.55. The van der Waals surface area contributed by atoms with Crippen LogP contribution in [0, 0.1) is 29.1 Å². The number of nitrogens with one attached hydrogen (secondary N) is 1. The third-order valence-corrected chi connectivity index (χ3v) is 8.76. The lowest BCUT2D eigenvalue weighted by molar-refractivity contribution is -0.140. The standard InChI is InChI=1S/C26H29N5O3/c32-23-18-4-1-2-5-19(18)27-25(29-23)31-22(11-20(30-31)21-6-3-7-34-21)28-24(33)26-12-15-8-16(13-26)10-17(9-15)14-26/h3,6-7,11,15-18H,1-2,4-5,8-10,12-14H2,(H,28,33). The molecule has 34 heavy (non-hydrogen) atoms. The molecule has 2 aromatic rings. The molecule has 0 aromatic carbocycles. The summed E-state index contributed by atoms with van der Waals surface area (Å²) in [5, 5.41) is 7.86. The zero-order chi connectivity index (χ0) is 22.9. The van der Waals surface area contributed by atoms with Crippen LogP contribution in [-0.4, -0.2) is 33.3 Å². The molecule has 8 nitrogen and oxygen atoms in total. The maximum atomic E-state index is 13.8. The molecule has 1 atom stereocenters. The van der Waals surface area contributed by atoms with Crippen LogP contribution in [0.4, 0.5) is 5.82 Å². The molecule has 5 aliphatic carbocycles. The monoisotopic (exact) mass is 459 g/mol. The van der Waals surface area contributed by atoms with Gasteiger partial charge in [-0.05, 0) is 87.7 Å². The summed E-state index contributed by atoms with van der Waals surface area (Å²) < 4.78 is 7.08. The maximum absolute atomic E-state index is 13.8. The molecule has 2 aromatic heterocycles. The Hall–Kier alpha value is -3.03. The smallest absolute Gasteiger partial charge is 0.257 e. The Bertz CT molecular complexity index is 1190. The minimum absolute atomic E-state index is 0.0738. The maximum Gasteiger partial charge on any atom is 0.257 e. The zero-order valence-electron chi connectivity index (χ0n) is 19.2. The van der Waals surface area contributed by atoms with E-state index in [0.717, 1.165) is 50.7 Å². The van der Waals surface area contributed by atoms with E-state index in [4.69, 9.17) is 9.41 Å². The van der Waals surface area contributed by atoms with Crippen molar-refractivity contribution >= 4 is 29.3 Å². The number of rotatable bonds is 3. The highest BCUT2D eigenvalue weighted by Gasteiger charge is 2.54. The first-order valence-electron chi connectivity index (χ1n) is 12.7. The minimum Gasteiger partial charge on any atom is -0.463 e. The van der Waals surface area contributed by atoms with Crippen LogP contribution in [0.1, 0.15) is 64.2 Å². The van der Waals surface area contributed by atoms with Crippen molar-refractivity contribution in [1.29, 1.82) is 0 Å². The summed E-state index contributed by atoms with van der Waals surface area (Å²) in [7, 11) is 0. The number of nitrogens with zero attached hydrogens (tertiary/aromatic N) is 4. The second-order valence-electron chi connectivity index (χ2n) is 11.1. The van der Waals surface area contributed by atoms with Gasteiger partial charge in [0, 0.05) is 11.8 Å². The van der Waals surface area contributed by atoms with Crippen molar-refractivity contribution in [2.75, 3.05) is 5.32 Å². The number of fused-ring (bicyclic) bond motifs is 1. The Morgan fingerprint density at radius 2 is 1.85 bits per heavy atom. The number of aromatic nitrogens is 2.